The van der Waals surface area contributed by atoms with Gasteiger partial charge in [0.1, 0.15) is 0 Å². The molecule has 2 aliphatic rings. The number of carbonyl (C=O) groups is 1. The monoisotopic (exact) mass is 238 g/mol. The first-order valence-corrected chi connectivity index (χ1v) is 7.14. The minimum atomic E-state index is -0.0847. The van der Waals surface area contributed by atoms with Crippen LogP contribution in [0.4, 0.5) is 0 Å². The maximum absolute atomic E-state index is 12.6. The molecule has 1 saturated carbocycles. The van der Waals surface area contributed by atoms with Crippen LogP contribution in [-0.2, 0) is 4.79 Å². The first kappa shape index (κ1) is 12.9. The molecule has 0 atom stereocenters. The smallest absolute Gasteiger partial charge is 0.226 e. The summed E-state index contributed by atoms with van der Waals surface area (Å²) in [6.45, 7) is 6.35. The predicted molar refractivity (Wildman–Crippen MR) is 69.8 cm³/mol. The van der Waals surface area contributed by atoms with Gasteiger partial charge in [-0.1, -0.05) is 13.3 Å². The molecule has 0 bridgehead atoms. The summed E-state index contributed by atoms with van der Waals surface area (Å²) in [5.74, 6) is 0.322. The fourth-order valence-corrected chi connectivity index (χ4v) is 3.21. The average Bonchev–Trinajstić information content (AvgIpc) is 2.28. The molecule has 17 heavy (non-hydrogen) atoms. The number of piperidine rings is 1. The Morgan fingerprint density at radius 1 is 1.24 bits per heavy atom. The van der Waals surface area contributed by atoms with E-state index < -0.39 is 0 Å². The summed E-state index contributed by atoms with van der Waals surface area (Å²) in [5.41, 5.74) is 0.0152. The van der Waals surface area contributed by atoms with Gasteiger partial charge >= 0.3 is 0 Å². The molecule has 2 N–H and O–H groups in total. The normalized spacial score (nSPS) is 26.0. The molecule has 1 saturated heterocycles. The Kier molecular flexibility index (Phi) is 3.76. The lowest BCUT2D eigenvalue weighted by Gasteiger charge is -2.44. The molecular weight excluding hydrogens is 212 g/mol. The molecule has 1 amide bonds. The third-order valence-electron chi connectivity index (χ3n) is 4.64. The molecule has 0 aromatic heterocycles. The highest BCUT2D eigenvalue weighted by atomic mass is 16.2. The van der Waals surface area contributed by atoms with Gasteiger partial charge in [0, 0.05) is 5.54 Å². The van der Waals surface area contributed by atoms with Gasteiger partial charge in [-0.3, -0.25) is 4.79 Å². The highest BCUT2D eigenvalue weighted by Crippen LogP contribution is 2.37. The fourth-order valence-electron chi connectivity index (χ4n) is 3.21. The molecular formula is C14H26N2O. The van der Waals surface area contributed by atoms with Gasteiger partial charge in [0.2, 0.25) is 5.91 Å². The van der Waals surface area contributed by atoms with Crippen LogP contribution in [0.2, 0.25) is 0 Å². The lowest BCUT2D eigenvalue weighted by molar-refractivity contribution is -0.136. The van der Waals surface area contributed by atoms with Crippen molar-refractivity contribution in [1.29, 1.82) is 0 Å². The highest BCUT2D eigenvalue weighted by Gasteiger charge is 2.42. The summed E-state index contributed by atoms with van der Waals surface area (Å²) in [5, 5.41) is 6.68. The lowest BCUT2D eigenvalue weighted by Crippen LogP contribution is -2.57. The number of carbonyl (C=O) groups excluding carboxylic acids is 1. The van der Waals surface area contributed by atoms with Gasteiger partial charge in [0.25, 0.3) is 0 Å². The molecule has 3 nitrogen and oxygen atoms in total. The molecule has 0 spiro atoms. The quantitative estimate of drug-likeness (QED) is 0.788. The van der Waals surface area contributed by atoms with Crippen LogP contribution in [-0.4, -0.2) is 24.5 Å². The van der Waals surface area contributed by atoms with E-state index in [1.807, 2.05) is 0 Å². The fraction of sp³-hybridized carbons (Fsp3) is 0.929. The van der Waals surface area contributed by atoms with Crippen molar-refractivity contribution in [2.45, 2.75) is 64.3 Å². The van der Waals surface area contributed by atoms with Gasteiger partial charge < -0.3 is 10.6 Å². The van der Waals surface area contributed by atoms with Crippen molar-refractivity contribution in [1.82, 2.24) is 10.6 Å². The van der Waals surface area contributed by atoms with Crippen molar-refractivity contribution in [2.75, 3.05) is 13.1 Å². The highest BCUT2D eigenvalue weighted by molar-refractivity contribution is 5.83. The number of hydrogen-bond donors (Lipinski definition) is 2. The minimum Gasteiger partial charge on any atom is -0.350 e. The van der Waals surface area contributed by atoms with Crippen LogP contribution in [0, 0.1) is 5.41 Å². The molecule has 2 rings (SSSR count). The second-order valence-electron chi connectivity index (χ2n) is 6.15. The third-order valence-corrected chi connectivity index (χ3v) is 4.64. The molecule has 1 aliphatic heterocycles. The Hall–Kier alpha value is -0.570. The molecule has 2 fully saturated rings. The first-order chi connectivity index (χ1) is 8.10. The van der Waals surface area contributed by atoms with Gasteiger partial charge in [0.05, 0.1) is 5.41 Å². The third kappa shape index (κ3) is 2.65. The zero-order valence-electron chi connectivity index (χ0n) is 11.3. The zero-order valence-corrected chi connectivity index (χ0v) is 11.3. The van der Waals surface area contributed by atoms with E-state index in [0.29, 0.717) is 5.91 Å². The van der Waals surface area contributed by atoms with Crippen molar-refractivity contribution in [3.05, 3.63) is 0 Å². The van der Waals surface area contributed by atoms with Gasteiger partial charge in [-0.15, -0.1) is 0 Å². The van der Waals surface area contributed by atoms with E-state index in [9.17, 15) is 4.79 Å². The van der Waals surface area contributed by atoms with Crippen molar-refractivity contribution in [2.24, 2.45) is 5.41 Å². The van der Waals surface area contributed by atoms with Crippen LogP contribution in [0.15, 0.2) is 0 Å². The van der Waals surface area contributed by atoms with Crippen molar-refractivity contribution in [3.63, 3.8) is 0 Å². The van der Waals surface area contributed by atoms with Crippen molar-refractivity contribution < 1.29 is 4.79 Å². The van der Waals surface area contributed by atoms with E-state index in [-0.39, 0.29) is 11.0 Å². The second-order valence-corrected chi connectivity index (χ2v) is 6.15. The maximum Gasteiger partial charge on any atom is 0.226 e. The number of amides is 1. The zero-order chi connectivity index (χ0) is 12.4. The Morgan fingerprint density at radius 2 is 1.88 bits per heavy atom. The largest absolute Gasteiger partial charge is 0.350 e. The molecule has 3 heteroatoms. The summed E-state index contributed by atoms with van der Waals surface area (Å²) in [6.07, 6.45) is 7.71. The first-order valence-electron chi connectivity index (χ1n) is 7.14. The van der Waals surface area contributed by atoms with Gasteiger partial charge in [0.15, 0.2) is 0 Å². The summed E-state index contributed by atoms with van der Waals surface area (Å²) < 4.78 is 0. The molecule has 0 aromatic rings. The summed E-state index contributed by atoms with van der Waals surface area (Å²) in [4.78, 5) is 12.6. The summed E-state index contributed by atoms with van der Waals surface area (Å²) >= 11 is 0. The van der Waals surface area contributed by atoms with E-state index in [2.05, 4.69) is 24.5 Å². The summed E-state index contributed by atoms with van der Waals surface area (Å²) in [6, 6.07) is 0. The molecule has 1 heterocycles. The number of nitrogens with one attached hydrogen (secondary N) is 2. The van der Waals surface area contributed by atoms with Crippen LogP contribution >= 0.6 is 0 Å². The van der Waals surface area contributed by atoms with Crippen LogP contribution in [0.5, 0.6) is 0 Å². The number of hydrogen-bond acceptors (Lipinski definition) is 2. The molecule has 98 valence electrons. The predicted octanol–water partition coefficient (Wildman–Crippen LogP) is 2.22. The maximum atomic E-state index is 12.6. The standard InChI is InChI=1S/C14H26N2O/c1-3-5-14(8-10-15-11-9-14)12(17)16-13(2)6-4-7-13/h15H,3-11H2,1-2H3,(H,16,17). The van der Waals surface area contributed by atoms with Crippen LogP contribution in [0.3, 0.4) is 0 Å². The van der Waals surface area contributed by atoms with Gasteiger partial charge in [-0.2, -0.15) is 0 Å². The van der Waals surface area contributed by atoms with Crippen molar-refractivity contribution in [3.8, 4) is 0 Å². The van der Waals surface area contributed by atoms with Crippen LogP contribution in [0.1, 0.15) is 58.8 Å². The van der Waals surface area contributed by atoms with E-state index in [0.717, 1.165) is 51.6 Å². The topological polar surface area (TPSA) is 41.1 Å². The van der Waals surface area contributed by atoms with E-state index in [1.54, 1.807) is 0 Å². The van der Waals surface area contributed by atoms with Crippen LogP contribution < -0.4 is 10.6 Å². The van der Waals surface area contributed by atoms with E-state index >= 15 is 0 Å². The SMILES string of the molecule is CCCC1(C(=O)NC2(C)CCC2)CCNCC1. The second kappa shape index (κ2) is 4.97. The molecule has 0 radical (unpaired) electrons. The Morgan fingerprint density at radius 3 is 2.35 bits per heavy atom. The molecule has 0 unspecified atom stereocenters. The van der Waals surface area contributed by atoms with Gasteiger partial charge in [-0.05, 0) is 58.5 Å². The van der Waals surface area contributed by atoms with E-state index in [4.69, 9.17) is 0 Å². The average molecular weight is 238 g/mol. The Balaban J connectivity index is 2.01. The van der Waals surface area contributed by atoms with Gasteiger partial charge in [-0.25, -0.2) is 0 Å². The lowest BCUT2D eigenvalue weighted by atomic mass is 9.72. The van der Waals surface area contributed by atoms with Crippen LogP contribution in [0.25, 0.3) is 0 Å². The van der Waals surface area contributed by atoms with Crippen molar-refractivity contribution >= 4 is 5.91 Å². The molecule has 0 aromatic carbocycles. The number of rotatable bonds is 4. The Bertz CT molecular complexity index is 272. The summed E-state index contributed by atoms with van der Waals surface area (Å²) in [7, 11) is 0. The van der Waals surface area contributed by atoms with E-state index in [1.165, 1.54) is 6.42 Å². The molecule has 1 aliphatic carbocycles. The minimum absolute atomic E-state index is 0.0847. The Labute approximate surface area is 105 Å².